The number of benzene rings is 1. The summed E-state index contributed by atoms with van der Waals surface area (Å²) < 4.78 is 0. The Hall–Kier alpha value is -1.81. The summed E-state index contributed by atoms with van der Waals surface area (Å²) in [6.45, 7) is 3.52. The summed E-state index contributed by atoms with van der Waals surface area (Å²) in [5.74, 6) is 0.274. The van der Waals surface area contributed by atoms with Gasteiger partial charge in [-0.1, -0.05) is 6.07 Å². The summed E-state index contributed by atoms with van der Waals surface area (Å²) in [7, 11) is 0. The predicted molar refractivity (Wildman–Crippen MR) is 76.1 cm³/mol. The fourth-order valence-corrected chi connectivity index (χ4v) is 2.58. The number of fused-ring (bicyclic) bond motifs is 1. The zero-order valence-corrected chi connectivity index (χ0v) is 11.0. The van der Waals surface area contributed by atoms with E-state index in [1.165, 1.54) is 10.9 Å². The number of nitrogens with one attached hydrogen (secondary N) is 2. The van der Waals surface area contributed by atoms with Gasteiger partial charge in [-0.25, -0.2) is 0 Å². The second-order valence-corrected chi connectivity index (χ2v) is 5.03. The minimum absolute atomic E-state index is 0.274. The summed E-state index contributed by atoms with van der Waals surface area (Å²) in [6, 6.07) is 8.41. The van der Waals surface area contributed by atoms with Crippen LogP contribution < -0.4 is 5.32 Å². The van der Waals surface area contributed by atoms with Gasteiger partial charge in [0.25, 0.3) is 0 Å². The molecule has 1 saturated heterocycles. The van der Waals surface area contributed by atoms with Crippen molar-refractivity contribution in [2.45, 2.75) is 12.8 Å². The zero-order valence-electron chi connectivity index (χ0n) is 11.0. The van der Waals surface area contributed by atoms with Crippen molar-refractivity contribution in [2.75, 3.05) is 26.2 Å². The molecule has 100 valence electrons. The monoisotopic (exact) mass is 257 g/mol. The van der Waals surface area contributed by atoms with Crippen molar-refractivity contribution in [2.24, 2.45) is 0 Å². The average molecular weight is 257 g/mol. The van der Waals surface area contributed by atoms with Gasteiger partial charge in [0.1, 0.15) is 0 Å². The lowest BCUT2D eigenvalue weighted by Crippen LogP contribution is -2.46. The van der Waals surface area contributed by atoms with E-state index < -0.39 is 0 Å². The molecule has 2 N–H and O–H groups in total. The van der Waals surface area contributed by atoms with Crippen molar-refractivity contribution < 1.29 is 4.79 Å². The number of amides is 1. The molecule has 0 spiro atoms. The smallest absolute Gasteiger partial charge is 0.222 e. The molecule has 1 aliphatic heterocycles. The van der Waals surface area contributed by atoms with Gasteiger partial charge in [-0.05, 0) is 35.6 Å². The first-order chi connectivity index (χ1) is 9.33. The number of aromatic nitrogens is 1. The van der Waals surface area contributed by atoms with Crippen LogP contribution in [0.15, 0.2) is 30.5 Å². The summed E-state index contributed by atoms with van der Waals surface area (Å²) in [6.07, 6.45) is 3.38. The lowest BCUT2D eigenvalue weighted by atomic mass is 10.1. The maximum absolute atomic E-state index is 12.1. The number of carbonyl (C=O) groups excluding carboxylic acids is 1. The van der Waals surface area contributed by atoms with Crippen LogP contribution in [0.5, 0.6) is 0 Å². The SMILES string of the molecule is O=C(CCc1ccc2[nH]ccc2c1)N1CCNCC1. The number of rotatable bonds is 3. The molecule has 1 aromatic carbocycles. The van der Waals surface area contributed by atoms with Gasteiger partial charge in [0.05, 0.1) is 0 Å². The molecule has 4 nitrogen and oxygen atoms in total. The molecule has 0 bridgehead atoms. The number of piperazine rings is 1. The second kappa shape index (κ2) is 5.45. The fourth-order valence-electron chi connectivity index (χ4n) is 2.58. The van der Waals surface area contributed by atoms with E-state index in [1.807, 2.05) is 11.1 Å². The van der Waals surface area contributed by atoms with Crippen molar-refractivity contribution in [3.05, 3.63) is 36.0 Å². The number of aromatic amines is 1. The molecule has 1 amide bonds. The number of carbonyl (C=O) groups is 1. The van der Waals surface area contributed by atoms with E-state index in [2.05, 4.69) is 34.6 Å². The maximum atomic E-state index is 12.1. The van der Waals surface area contributed by atoms with Crippen LogP contribution in [0.4, 0.5) is 0 Å². The van der Waals surface area contributed by atoms with Crippen LogP contribution in [0.25, 0.3) is 10.9 Å². The van der Waals surface area contributed by atoms with Crippen LogP contribution in [0.2, 0.25) is 0 Å². The Kier molecular flexibility index (Phi) is 3.51. The van der Waals surface area contributed by atoms with E-state index in [-0.39, 0.29) is 5.91 Å². The zero-order chi connectivity index (χ0) is 13.1. The van der Waals surface area contributed by atoms with E-state index in [9.17, 15) is 4.79 Å². The standard InChI is InChI=1S/C15H19N3O/c19-15(18-9-7-16-8-10-18)4-2-12-1-3-14-13(11-12)5-6-17-14/h1,3,5-6,11,16-17H,2,4,7-10H2. The Morgan fingerprint density at radius 1 is 1.21 bits per heavy atom. The highest BCUT2D eigenvalue weighted by Gasteiger charge is 2.15. The molecule has 4 heteroatoms. The summed E-state index contributed by atoms with van der Waals surface area (Å²) in [4.78, 5) is 17.2. The molecule has 0 aliphatic carbocycles. The molecule has 0 unspecified atom stereocenters. The first-order valence-corrected chi connectivity index (χ1v) is 6.87. The van der Waals surface area contributed by atoms with Crippen LogP contribution in [0.3, 0.4) is 0 Å². The molecule has 0 radical (unpaired) electrons. The number of hydrogen-bond donors (Lipinski definition) is 2. The number of hydrogen-bond acceptors (Lipinski definition) is 2. The molecule has 0 atom stereocenters. The van der Waals surface area contributed by atoms with Gasteiger partial charge in [0, 0.05) is 44.3 Å². The average Bonchev–Trinajstić information content (AvgIpc) is 2.93. The van der Waals surface area contributed by atoms with Gasteiger partial charge in [-0.3, -0.25) is 4.79 Å². The predicted octanol–water partition coefficient (Wildman–Crippen LogP) is 1.53. The van der Waals surface area contributed by atoms with E-state index in [0.29, 0.717) is 6.42 Å². The van der Waals surface area contributed by atoms with Gasteiger partial charge in [-0.2, -0.15) is 0 Å². The largest absolute Gasteiger partial charge is 0.361 e. The fraction of sp³-hybridized carbons (Fsp3) is 0.400. The molecular weight excluding hydrogens is 238 g/mol. The number of nitrogens with zero attached hydrogens (tertiary/aromatic N) is 1. The van der Waals surface area contributed by atoms with Gasteiger partial charge >= 0.3 is 0 Å². The van der Waals surface area contributed by atoms with E-state index in [0.717, 1.165) is 38.1 Å². The normalized spacial score (nSPS) is 15.9. The molecule has 0 saturated carbocycles. The van der Waals surface area contributed by atoms with Gasteiger partial charge in [0.15, 0.2) is 0 Å². The highest BCUT2D eigenvalue weighted by molar-refractivity contribution is 5.80. The summed E-state index contributed by atoms with van der Waals surface area (Å²) in [5.41, 5.74) is 2.38. The third-order valence-electron chi connectivity index (χ3n) is 3.71. The Morgan fingerprint density at radius 2 is 2.05 bits per heavy atom. The van der Waals surface area contributed by atoms with Gasteiger partial charge in [-0.15, -0.1) is 0 Å². The molecule has 19 heavy (non-hydrogen) atoms. The lowest BCUT2D eigenvalue weighted by Gasteiger charge is -2.27. The van der Waals surface area contributed by atoms with E-state index in [1.54, 1.807) is 0 Å². The third-order valence-corrected chi connectivity index (χ3v) is 3.71. The Labute approximate surface area is 112 Å². The maximum Gasteiger partial charge on any atom is 0.222 e. The van der Waals surface area contributed by atoms with Crippen LogP contribution in [0, 0.1) is 0 Å². The molecule has 3 rings (SSSR count). The van der Waals surface area contributed by atoms with E-state index >= 15 is 0 Å². The molecule has 2 aromatic rings. The van der Waals surface area contributed by atoms with E-state index in [4.69, 9.17) is 0 Å². The Balaban J connectivity index is 1.60. The van der Waals surface area contributed by atoms with Crippen molar-refractivity contribution in [3.8, 4) is 0 Å². The second-order valence-electron chi connectivity index (χ2n) is 5.03. The number of aryl methyl sites for hydroxylation is 1. The quantitative estimate of drug-likeness (QED) is 0.876. The Morgan fingerprint density at radius 3 is 2.89 bits per heavy atom. The molecule has 1 aliphatic rings. The van der Waals surface area contributed by atoms with Crippen molar-refractivity contribution in [3.63, 3.8) is 0 Å². The third kappa shape index (κ3) is 2.79. The van der Waals surface area contributed by atoms with Crippen LogP contribution in [-0.2, 0) is 11.2 Å². The summed E-state index contributed by atoms with van der Waals surface area (Å²) >= 11 is 0. The van der Waals surface area contributed by atoms with Gasteiger partial charge < -0.3 is 15.2 Å². The minimum atomic E-state index is 0.274. The van der Waals surface area contributed by atoms with Crippen molar-refractivity contribution in [1.82, 2.24) is 15.2 Å². The highest BCUT2D eigenvalue weighted by atomic mass is 16.2. The highest BCUT2D eigenvalue weighted by Crippen LogP contribution is 2.15. The minimum Gasteiger partial charge on any atom is -0.361 e. The van der Waals surface area contributed by atoms with Crippen LogP contribution in [0.1, 0.15) is 12.0 Å². The molecular formula is C15H19N3O. The molecule has 1 fully saturated rings. The summed E-state index contributed by atoms with van der Waals surface area (Å²) in [5, 5.41) is 4.48. The van der Waals surface area contributed by atoms with Crippen LogP contribution >= 0.6 is 0 Å². The molecule has 1 aromatic heterocycles. The van der Waals surface area contributed by atoms with Crippen molar-refractivity contribution in [1.29, 1.82) is 0 Å². The first-order valence-electron chi connectivity index (χ1n) is 6.87. The first kappa shape index (κ1) is 12.2. The van der Waals surface area contributed by atoms with Crippen molar-refractivity contribution >= 4 is 16.8 Å². The van der Waals surface area contributed by atoms with Gasteiger partial charge in [0.2, 0.25) is 5.91 Å². The topological polar surface area (TPSA) is 48.1 Å². The number of H-pyrrole nitrogens is 1. The Bertz CT molecular complexity index is 570. The van der Waals surface area contributed by atoms with Crippen LogP contribution in [-0.4, -0.2) is 42.0 Å². The molecule has 2 heterocycles. The lowest BCUT2D eigenvalue weighted by molar-refractivity contribution is -0.131.